The van der Waals surface area contributed by atoms with E-state index in [2.05, 4.69) is 228 Å². The number of benzene rings is 9. The van der Waals surface area contributed by atoms with Crippen LogP contribution < -0.4 is 19.6 Å². The first-order valence-electron chi connectivity index (χ1n) is 23.5. The minimum atomic E-state index is -0.517. The molecule has 15 rings (SSSR count). The van der Waals surface area contributed by atoms with Crippen LogP contribution in [0.5, 0.6) is 0 Å². The van der Waals surface area contributed by atoms with Gasteiger partial charge in [-0.25, -0.2) is 0 Å². The Balaban J connectivity index is 0.984. The van der Waals surface area contributed by atoms with Crippen LogP contribution in [0.3, 0.4) is 0 Å². The Morgan fingerprint density at radius 1 is 0.368 bits per heavy atom. The lowest BCUT2D eigenvalue weighted by atomic mass is 9.73. The first kappa shape index (κ1) is 38.6. The highest BCUT2D eigenvalue weighted by Crippen LogP contribution is 2.67. The van der Waals surface area contributed by atoms with Crippen LogP contribution in [0.2, 0.25) is 0 Å². The number of fused-ring (bicyclic) bond motifs is 18. The van der Waals surface area contributed by atoms with Crippen molar-refractivity contribution < 1.29 is 0 Å². The summed E-state index contributed by atoms with van der Waals surface area (Å²) in [4.78, 5) is 6.44. The molecule has 3 aliphatic carbocycles. The van der Waals surface area contributed by atoms with E-state index >= 15 is 0 Å². The Morgan fingerprint density at radius 3 is 1.76 bits per heavy atom. The molecule has 5 heteroatoms. The van der Waals surface area contributed by atoms with Crippen LogP contribution in [0.25, 0.3) is 74.4 Å². The number of rotatable bonds is 6. The smallest absolute Gasteiger partial charge is 0.0820 e. The van der Waals surface area contributed by atoms with Gasteiger partial charge in [-0.2, -0.15) is 0 Å². The molecule has 1 unspecified atom stereocenters. The number of nitrogens with zero attached hydrogens (tertiary/aromatic N) is 2. The molecule has 0 N–H and O–H groups in total. The topological polar surface area (TPSA) is 6.48 Å². The van der Waals surface area contributed by atoms with Gasteiger partial charge < -0.3 is 9.80 Å². The van der Waals surface area contributed by atoms with Crippen LogP contribution in [-0.2, 0) is 5.41 Å². The Labute approximate surface area is 405 Å². The fourth-order valence-electron chi connectivity index (χ4n) is 11.9. The number of para-hydroxylation sites is 2. The molecule has 3 heterocycles. The zero-order valence-corrected chi connectivity index (χ0v) is 39.3. The molecule has 0 saturated heterocycles. The Morgan fingerprint density at radius 2 is 0.956 bits per heavy atom. The Hall–Kier alpha value is -7.54. The van der Waals surface area contributed by atoms with Crippen LogP contribution in [0.1, 0.15) is 34.4 Å². The van der Waals surface area contributed by atoms with Crippen LogP contribution >= 0.6 is 34.0 Å². The fraction of sp³-hybridized carbons (Fsp3) is 0.0476. The zero-order valence-electron chi connectivity index (χ0n) is 36.8. The second-order valence-corrected chi connectivity index (χ2v) is 21.4. The highest BCUT2D eigenvalue weighted by atomic mass is 32.1. The maximum Gasteiger partial charge on any atom is 0.0820 e. The lowest BCUT2D eigenvalue weighted by Gasteiger charge is -2.33. The molecule has 3 aromatic heterocycles. The third-order valence-corrected chi connectivity index (χ3v) is 18.4. The molecule has 0 amide bonds. The molecule has 0 saturated carbocycles. The molecule has 0 bridgehead atoms. The van der Waals surface area contributed by atoms with E-state index in [-0.39, 0.29) is 0 Å². The van der Waals surface area contributed by atoms with Gasteiger partial charge in [-0.05, 0) is 136 Å². The molecule has 2 nitrogen and oxygen atoms in total. The third-order valence-electron chi connectivity index (χ3n) is 14.7. The van der Waals surface area contributed by atoms with Crippen molar-refractivity contribution in [1.29, 1.82) is 0 Å². The van der Waals surface area contributed by atoms with E-state index in [1.54, 1.807) is 0 Å². The molecule has 1 atom stereocenters. The van der Waals surface area contributed by atoms with Crippen LogP contribution in [0, 0.1) is 0 Å². The maximum absolute atomic E-state index is 2.58. The van der Waals surface area contributed by atoms with E-state index in [9.17, 15) is 0 Å². The summed E-state index contributed by atoms with van der Waals surface area (Å²) in [6.45, 7) is 0. The molecule has 0 radical (unpaired) electrons. The van der Waals surface area contributed by atoms with Gasteiger partial charge in [0.1, 0.15) is 0 Å². The number of anilines is 5. The molecule has 9 aromatic carbocycles. The van der Waals surface area contributed by atoms with E-state index in [1.165, 1.54) is 111 Å². The summed E-state index contributed by atoms with van der Waals surface area (Å²) < 4.78 is 6.67. The number of hydrogen-bond acceptors (Lipinski definition) is 5. The van der Waals surface area contributed by atoms with Crippen LogP contribution in [0.15, 0.2) is 212 Å². The molecule has 0 aliphatic heterocycles. The average Bonchev–Trinajstić information content (AvgIpc) is 4.20. The van der Waals surface area contributed by atoms with Gasteiger partial charge in [0.05, 0.1) is 9.95 Å². The van der Waals surface area contributed by atoms with Crippen LogP contribution in [0.4, 0.5) is 28.4 Å². The van der Waals surface area contributed by atoms with Crippen molar-refractivity contribution in [1.82, 2.24) is 0 Å². The molecule has 3 aliphatic rings. The lowest BCUT2D eigenvalue weighted by molar-refractivity contribution is 0.811. The third kappa shape index (κ3) is 5.38. The summed E-state index contributed by atoms with van der Waals surface area (Å²) in [5.41, 5.74) is 16.0. The highest BCUT2D eigenvalue weighted by molar-refractivity contribution is 7.25. The predicted octanol–water partition coefficient (Wildman–Crippen LogP) is 16.8. The molecule has 1 spiro atoms. The minimum Gasteiger partial charge on any atom is -0.313 e. The number of thiophene rings is 3. The van der Waals surface area contributed by atoms with Gasteiger partial charge in [-0.15, -0.1) is 34.0 Å². The summed E-state index contributed by atoms with van der Waals surface area (Å²) >= 11 is 5.78. The van der Waals surface area contributed by atoms with Crippen molar-refractivity contribution >= 4 is 115 Å². The first-order valence-corrected chi connectivity index (χ1v) is 25.9. The van der Waals surface area contributed by atoms with Gasteiger partial charge in [-0.3, -0.25) is 0 Å². The fourth-order valence-corrected chi connectivity index (χ4v) is 15.7. The Bertz CT molecular complexity index is 4180. The second kappa shape index (κ2) is 14.7. The van der Waals surface area contributed by atoms with E-state index in [1.807, 2.05) is 34.0 Å². The van der Waals surface area contributed by atoms with Gasteiger partial charge in [0.2, 0.25) is 0 Å². The second-order valence-electron chi connectivity index (χ2n) is 18.2. The minimum absolute atomic E-state index is 0.517. The molecular weight excluding hydrogens is 881 g/mol. The van der Waals surface area contributed by atoms with Crippen molar-refractivity contribution in [3.63, 3.8) is 0 Å². The summed E-state index contributed by atoms with van der Waals surface area (Å²) in [7, 11) is 0. The van der Waals surface area contributed by atoms with Gasteiger partial charge in [0.15, 0.2) is 0 Å². The Kier molecular flexibility index (Phi) is 8.35. The quantitative estimate of drug-likeness (QED) is 0.164. The highest BCUT2D eigenvalue weighted by Gasteiger charge is 2.54. The van der Waals surface area contributed by atoms with Crippen molar-refractivity contribution in [2.75, 3.05) is 9.80 Å². The van der Waals surface area contributed by atoms with E-state index < -0.39 is 5.41 Å². The summed E-state index contributed by atoms with van der Waals surface area (Å²) in [5.74, 6) is 0. The largest absolute Gasteiger partial charge is 0.313 e. The molecule has 0 fully saturated rings. The van der Waals surface area contributed by atoms with Crippen molar-refractivity contribution in [2.45, 2.75) is 18.3 Å². The number of hydrogen-bond donors (Lipinski definition) is 0. The molecule has 68 heavy (non-hydrogen) atoms. The predicted molar refractivity (Wildman–Crippen MR) is 292 cm³/mol. The van der Waals surface area contributed by atoms with Crippen LogP contribution in [-0.4, -0.2) is 0 Å². The van der Waals surface area contributed by atoms with Crippen molar-refractivity contribution in [3.8, 4) is 22.3 Å². The summed E-state index contributed by atoms with van der Waals surface area (Å²) in [6.07, 6.45) is 4.44. The van der Waals surface area contributed by atoms with E-state index in [0.29, 0.717) is 0 Å². The average molecular weight is 921 g/mol. The van der Waals surface area contributed by atoms with Crippen molar-refractivity contribution in [3.05, 3.63) is 244 Å². The van der Waals surface area contributed by atoms with Crippen molar-refractivity contribution in [2.24, 2.45) is 0 Å². The van der Waals surface area contributed by atoms with E-state index in [4.69, 9.17) is 0 Å². The summed E-state index contributed by atoms with van der Waals surface area (Å²) in [5, 5.41) is 6.66. The first-order chi connectivity index (χ1) is 33.7. The molecular formula is C63H40N2S3. The maximum atomic E-state index is 2.58. The standard InChI is InChI=1S/C63H40N2S3/c1-3-16-39(17-4-1)64(42-32-35-59-51(37-42)46-22-9-12-27-56(46)66-59)41-31-34-53-50(36-41)44-20-7-11-25-52(44)63(53)54-38-43(30-33-48(54)60-49-23-10-14-29-58(49)68-62(60)63)65(40-18-5-2-6-19-40)55-26-15-24-47-45-21-8-13-28-57(45)67-61(47)55/h1-14,16-25,27-38H,15,26H2. The lowest BCUT2D eigenvalue weighted by Crippen LogP contribution is -2.32. The molecule has 12 aromatic rings. The van der Waals surface area contributed by atoms with Gasteiger partial charge >= 0.3 is 0 Å². The van der Waals surface area contributed by atoms with Gasteiger partial charge in [0.25, 0.3) is 0 Å². The van der Waals surface area contributed by atoms with Gasteiger partial charge in [-0.1, -0.05) is 133 Å². The monoisotopic (exact) mass is 920 g/mol. The normalized spacial score (nSPS) is 15.4. The van der Waals surface area contributed by atoms with Gasteiger partial charge in [0, 0.05) is 84.9 Å². The van der Waals surface area contributed by atoms with E-state index in [0.717, 1.165) is 29.9 Å². The zero-order chi connectivity index (χ0) is 44.5. The summed E-state index contributed by atoms with van der Waals surface area (Å²) in [6, 6.07) is 79.8. The SMILES string of the molecule is C1=c2c(sc3ccccc23)=C(N(c2ccccc2)c2ccc3c(c2)C2(c4ccccc4-c4cc(N(c5ccccc5)c5ccc6sc7ccccc7c6c5)ccc42)c2sc4ccccc4c2-3)CC1. The molecule has 320 valence electrons.